The number of benzene rings is 2. The lowest BCUT2D eigenvalue weighted by molar-refractivity contribution is 0.103. The van der Waals surface area contributed by atoms with Gasteiger partial charge in [-0.15, -0.1) is 0 Å². The molecule has 0 aliphatic heterocycles. The zero-order valence-electron chi connectivity index (χ0n) is 11.4. The number of ether oxygens (including phenoxy) is 1. The van der Waals surface area contributed by atoms with Gasteiger partial charge in [-0.05, 0) is 38.1 Å². The summed E-state index contributed by atoms with van der Waals surface area (Å²) in [6.45, 7) is 3.80. The maximum atomic E-state index is 13.4. The fourth-order valence-corrected chi connectivity index (χ4v) is 1.87. The molecule has 0 aromatic heterocycles. The van der Waals surface area contributed by atoms with Crippen molar-refractivity contribution >= 4 is 11.5 Å². The van der Waals surface area contributed by atoms with E-state index in [-0.39, 0.29) is 23.1 Å². The molecule has 0 heterocycles. The second-order valence-corrected chi connectivity index (χ2v) is 4.72. The van der Waals surface area contributed by atoms with Crippen molar-refractivity contribution in [2.75, 3.05) is 5.73 Å². The molecule has 0 amide bonds. The number of anilines is 1. The second kappa shape index (κ2) is 5.74. The van der Waals surface area contributed by atoms with E-state index in [1.165, 1.54) is 18.2 Å². The highest BCUT2D eigenvalue weighted by atomic mass is 19.1. The maximum Gasteiger partial charge on any atom is 0.195 e. The molecule has 0 spiro atoms. The minimum atomic E-state index is -0.592. The summed E-state index contributed by atoms with van der Waals surface area (Å²) >= 11 is 0. The number of para-hydroxylation sites is 1. The van der Waals surface area contributed by atoms with E-state index in [2.05, 4.69) is 0 Å². The van der Waals surface area contributed by atoms with Gasteiger partial charge in [0.05, 0.1) is 11.8 Å². The van der Waals surface area contributed by atoms with Crippen LogP contribution in [0.3, 0.4) is 0 Å². The van der Waals surface area contributed by atoms with Crippen LogP contribution in [0.5, 0.6) is 5.75 Å². The smallest absolute Gasteiger partial charge is 0.195 e. The lowest BCUT2D eigenvalue weighted by Gasteiger charge is -2.11. The van der Waals surface area contributed by atoms with Crippen LogP contribution in [0.15, 0.2) is 42.5 Å². The number of rotatable bonds is 4. The predicted molar refractivity (Wildman–Crippen MR) is 76.5 cm³/mol. The number of nitrogen functional groups attached to an aromatic ring is 1. The zero-order chi connectivity index (χ0) is 14.7. The zero-order valence-corrected chi connectivity index (χ0v) is 11.4. The molecule has 0 aliphatic rings. The highest BCUT2D eigenvalue weighted by molar-refractivity contribution is 6.12. The minimum Gasteiger partial charge on any atom is -0.491 e. The van der Waals surface area contributed by atoms with E-state index in [0.717, 1.165) is 0 Å². The van der Waals surface area contributed by atoms with Crippen molar-refractivity contribution < 1.29 is 13.9 Å². The van der Waals surface area contributed by atoms with Crippen LogP contribution in [-0.2, 0) is 0 Å². The molecule has 2 aromatic rings. The fraction of sp³-hybridized carbons (Fsp3) is 0.188. The Morgan fingerprint density at radius 3 is 2.60 bits per heavy atom. The van der Waals surface area contributed by atoms with Gasteiger partial charge in [0.2, 0.25) is 0 Å². The van der Waals surface area contributed by atoms with Crippen LogP contribution in [0.2, 0.25) is 0 Å². The average molecular weight is 273 g/mol. The predicted octanol–water partition coefficient (Wildman–Crippen LogP) is 3.43. The third kappa shape index (κ3) is 2.96. The Bertz CT molecular complexity index is 638. The van der Waals surface area contributed by atoms with E-state index in [1.807, 2.05) is 13.8 Å². The number of carbonyl (C=O) groups is 1. The molecular weight excluding hydrogens is 257 g/mol. The molecule has 2 rings (SSSR count). The molecule has 0 fully saturated rings. The van der Waals surface area contributed by atoms with Crippen molar-refractivity contribution in [1.82, 2.24) is 0 Å². The SMILES string of the molecule is CC(C)Oc1cccc(C(=O)c2cccc(F)c2N)c1. The molecule has 0 saturated carbocycles. The first kappa shape index (κ1) is 14.1. The van der Waals surface area contributed by atoms with Crippen LogP contribution in [0.4, 0.5) is 10.1 Å². The molecule has 3 nitrogen and oxygen atoms in total. The second-order valence-electron chi connectivity index (χ2n) is 4.72. The average Bonchev–Trinajstić information content (AvgIpc) is 2.41. The fourth-order valence-electron chi connectivity index (χ4n) is 1.87. The van der Waals surface area contributed by atoms with Crippen LogP contribution in [0.25, 0.3) is 0 Å². The Morgan fingerprint density at radius 1 is 1.20 bits per heavy atom. The van der Waals surface area contributed by atoms with Gasteiger partial charge in [-0.2, -0.15) is 0 Å². The normalized spacial score (nSPS) is 10.6. The summed E-state index contributed by atoms with van der Waals surface area (Å²) in [6, 6.07) is 11.0. The van der Waals surface area contributed by atoms with Gasteiger partial charge in [0, 0.05) is 11.1 Å². The molecule has 104 valence electrons. The number of halogens is 1. The van der Waals surface area contributed by atoms with Gasteiger partial charge in [-0.1, -0.05) is 18.2 Å². The molecule has 0 unspecified atom stereocenters. The van der Waals surface area contributed by atoms with Gasteiger partial charge in [-0.3, -0.25) is 4.79 Å². The van der Waals surface area contributed by atoms with E-state index < -0.39 is 5.82 Å². The lowest BCUT2D eigenvalue weighted by atomic mass is 10.0. The highest BCUT2D eigenvalue weighted by Gasteiger charge is 2.15. The molecule has 0 saturated heterocycles. The summed E-state index contributed by atoms with van der Waals surface area (Å²) in [5.74, 6) is -0.317. The third-order valence-corrected chi connectivity index (χ3v) is 2.77. The minimum absolute atomic E-state index is 0.0135. The van der Waals surface area contributed by atoms with Crippen LogP contribution >= 0.6 is 0 Å². The van der Waals surface area contributed by atoms with E-state index in [0.29, 0.717) is 11.3 Å². The van der Waals surface area contributed by atoms with Crippen LogP contribution in [0, 0.1) is 5.82 Å². The molecule has 4 heteroatoms. The van der Waals surface area contributed by atoms with E-state index in [1.54, 1.807) is 24.3 Å². The number of ketones is 1. The number of carbonyl (C=O) groups excluding carboxylic acids is 1. The first-order valence-electron chi connectivity index (χ1n) is 6.34. The number of nitrogens with two attached hydrogens (primary N) is 1. The van der Waals surface area contributed by atoms with Crippen LogP contribution in [0.1, 0.15) is 29.8 Å². The van der Waals surface area contributed by atoms with Crippen molar-refractivity contribution in [2.45, 2.75) is 20.0 Å². The topological polar surface area (TPSA) is 52.3 Å². The summed E-state index contributed by atoms with van der Waals surface area (Å²) in [7, 11) is 0. The van der Waals surface area contributed by atoms with Gasteiger partial charge >= 0.3 is 0 Å². The summed E-state index contributed by atoms with van der Waals surface area (Å²) in [6.07, 6.45) is 0.0135. The quantitative estimate of drug-likeness (QED) is 0.686. The first-order valence-corrected chi connectivity index (χ1v) is 6.34. The Balaban J connectivity index is 2.36. The van der Waals surface area contributed by atoms with Crippen molar-refractivity contribution in [1.29, 1.82) is 0 Å². The van der Waals surface area contributed by atoms with Crippen molar-refractivity contribution in [3.8, 4) is 5.75 Å². The molecule has 0 aliphatic carbocycles. The van der Waals surface area contributed by atoms with Crippen molar-refractivity contribution in [2.24, 2.45) is 0 Å². The van der Waals surface area contributed by atoms with Crippen LogP contribution in [-0.4, -0.2) is 11.9 Å². The van der Waals surface area contributed by atoms with Gasteiger partial charge in [0.25, 0.3) is 0 Å². The summed E-state index contributed by atoms with van der Waals surface area (Å²) in [4.78, 5) is 12.4. The maximum absolute atomic E-state index is 13.4. The van der Waals surface area contributed by atoms with E-state index in [4.69, 9.17) is 10.5 Å². The molecule has 2 aromatic carbocycles. The van der Waals surface area contributed by atoms with Crippen molar-refractivity contribution in [3.63, 3.8) is 0 Å². The summed E-state index contributed by atoms with van der Waals surface area (Å²) in [5, 5.41) is 0. The molecule has 2 N–H and O–H groups in total. The van der Waals surface area contributed by atoms with Gasteiger partial charge in [0.1, 0.15) is 11.6 Å². The lowest BCUT2D eigenvalue weighted by Crippen LogP contribution is -2.09. The first-order chi connectivity index (χ1) is 9.49. The highest BCUT2D eigenvalue weighted by Crippen LogP contribution is 2.22. The molecule has 0 radical (unpaired) electrons. The van der Waals surface area contributed by atoms with E-state index >= 15 is 0 Å². The monoisotopic (exact) mass is 273 g/mol. The Morgan fingerprint density at radius 2 is 1.90 bits per heavy atom. The molecule has 0 bridgehead atoms. The number of hydrogen-bond donors (Lipinski definition) is 1. The van der Waals surface area contributed by atoms with Crippen LogP contribution < -0.4 is 10.5 Å². The van der Waals surface area contributed by atoms with Crippen molar-refractivity contribution in [3.05, 3.63) is 59.4 Å². The molecule has 0 atom stereocenters. The Labute approximate surface area is 117 Å². The number of hydrogen-bond acceptors (Lipinski definition) is 3. The summed E-state index contributed by atoms with van der Waals surface area (Å²) < 4.78 is 18.9. The van der Waals surface area contributed by atoms with Gasteiger partial charge in [0.15, 0.2) is 5.78 Å². The van der Waals surface area contributed by atoms with E-state index in [9.17, 15) is 9.18 Å². The Hall–Kier alpha value is -2.36. The largest absolute Gasteiger partial charge is 0.491 e. The third-order valence-electron chi connectivity index (χ3n) is 2.77. The Kier molecular flexibility index (Phi) is 4.03. The van der Waals surface area contributed by atoms with Gasteiger partial charge < -0.3 is 10.5 Å². The van der Waals surface area contributed by atoms with Gasteiger partial charge in [-0.25, -0.2) is 4.39 Å². The summed E-state index contributed by atoms with van der Waals surface area (Å²) in [5.41, 5.74) is 6.06. The standard InChI is InChI=1S/C16H16FNO2/c1-10(2)20-12-6-3-5-11(9-12)16(19)13-7-4-8-14(17)15(13)18/h3-10H,18H2,1-2H3. The molecular formula is C16H16FNO2. The molecule has 20 heavy (non-hydrogen) atoms.